The zero-order valence-corrected chi connectivity index (χ0v) is 13.5. The molecule has 0 radical (unpaired) electrons. The number of nitro benzene ring substituents is 1. The number of amides is 1. The Morgan fingerprint density at radius 3 is 2.81 bits per heavy atom. The second kappa shape index (κ2) is 6.53. The summed E-state index contributed by atoms with van der Waals surface area (Å²) in [4.78, 5) is 24.6. The molecule has 21 heavy (non-hydrogen) atoms. The summed E-state index contributed by atoms with van der Waals surface area (Å²) in [6, 6.07) is 4.47. The van der Waals surface area contributed by atoms with Crippen molar-refractivity contribution in [1.29, 1.82) is 0 Å². The number of nitro groups is 1. The lowest BCUT2D eigenvalue weighted by Crippen LogP contribution is -2.49. The smallest absolute Gasteiger partial charge is 0.272 e. The lowest BCUT2D eigenvalue weighted by atomic mass is 10.1. The fourth-order valence-electron chi connectivity index (χ4n) is 2.47. The predicted molar refractivity (Wildman–Crippen MR) is 81.9 cm³/mol. The van der Waals surface area contributed by atoms with Gasteiger partial charge in [0.25, 0.3) is 11.6 Å². The molecule has 0 N–H and O–H groups in total. The molecule has 2 atom stereocenters. The van der Waals surface area contributed by atoms with Gasteiger partial charge in [-0.15, -0.1) is 0 Å². The van der Waals surface area contributed by atoms with E-state index in [-0.39, 0.29) is 23.8 Å². The zero-order valence-electron chi connectivity index (χ0n) is 11.9. The van der Waals surface area contributed by atoms with Gasteiger partial charge in [-0.05, 0) is 26.0 Å². The van der Waals surface area contributed by atoms with Crippen molar-refractivity contribution in [2.24, 2.45) is 0 Å². The molecular formula is C14H17BrN2O4. The summed E-state index contributed by atoms with van der Waals surface area (Å²) in [7, 11) is 0. The van der Waals surface area contributed by atoms with Gasteiger partial charge >= 0.3 is 0 Å². The number of hydrogen-bond donors (Lipinski definition) is 0. The van der Waals surface area contributed by atoms with Crippen LogP contribution in [0.1, 0.15) is 22.8 Å². The highest BCUT2D eigenvalue weighted by atomic mass is 79.9. The number of hydrogen-bond acceptors (Lipinski definition) is 4. The average Bonchev–Trinajstić information content (AvgIpc) is 2.45. The van der Waals surface area contributed by atoms with Crippen LogP contribution in [0.2, 0.25) is 0 Å². The van der Waals surface area contributed by atoms with Crippen molar-refractivity contribution in [2.75, 3.05) is 18.4 Å². The number of carbonyl (C=O) groups is 1. The lowest BCUT2D eigenvalue weighted by molar-refractivity contribution is -0.385. The Morgan fingerprint density at radius 1 is 1.52 bits per heavy atom. The number of alkyl halides is 1. The van der Waals surface area contributed by atoms with E-state index in [0.29, 0.717) is 29.5 Å². The lowest BCUT2D eigenvalue weighted by Gasteiger charge is -2.36. The molecule has 7 heteroatoms. The molecule has 1 fully saturated rings. The van der Waals surface area contributed by atoms with Gasteiger partial charge in [-0.2, -0.15) is 0 Å². The third-order valence-electron chi connectivity index (χ3n) is 3.43. The summed E-state index contributed by atoms with van der Waals surface area (Å²) >= 11 is 3.37. The van der Waals surface area contributed by atoms with Crippen LogP contribution in [-0.2, 0) is 4.74 Å². The largest absolute Gasteiger partial charge is 0.371 e. The van der Waals surface area contributed by atoms with Crippen LogP contribution in [0.4, 0.5) is 5.69 Å². The van der Waals surface area contributed by atoms with Gasteiger partial charge in [0.2, 0.25) is 0 Å². The van der Waals surface area contributed by atoms with Gasteiger partial charge in [-0.1, -0.05) is 15.9 Å². The van der Waals surface area contributed by atoms with Crippen molar-refractivity contribution >= 4 is 27.5 Å². The number of aryl methyl sites for hydroxylation is 1. The molecule has 1 amide bonds. The van der Waals surface area contributed by atoms with Gasteiger partial charge in [0.15, 0.2) is 0 Å². The topological polar surface area (TPSA) is 72.7 Å². The van der Waals surface area contributed by atoms with Crippen molar-refractivity contribution in [3.63, 3.8) is 0 Å². The fraction of sp³-hybridized carbons (Fsp3) is 0.500. The predicted octanol–water partition coefficient (Wildman–Crippen LogP) is 2.53. The molecule has 1 aliphatic heterocycles. The standard InChI is InChI=1S/C14H17BrN2O4/c1-9-5-11(3-4-13(9)17(19)20)14(18)16-7-10(2)21-12(6-15)8-16/h3-5,10,12H,6-8H2,1-2H3. The third-order valence-corrected chi connectivity index (χ3v) is 4.15. The van der Waals surface area contributed by atoms with Gasteiger partial charge in [-0.25, -0.2) is 0 Å². The molecule has 1 aliphatic rings. The van der Waals surface area contributed by atoms with Crippen LogP contribution in [0.25, 0.3) is 0 Å². The van der Waals surface area contributed by atoms with Crippen LogP contribution in [0.3, 0.4) is 0 Å². The van der Waals surface area contributed by atoms with Crippen molar-refractivity contribution < 1.29 is 14.5 Å². The Morgan fingerprint density at radius 2 is 2.24 bits per heavy atom. The zero-order chi connectivity index (χ0) is 15.6. The minimum Gasteiger partial charge on any atom is -0.371 e. The highest BCUT2D eigenvalue weighted by molar-refractivity contribution is 9.09. The Bertz CT molecular complexity index is 564. The van der Waals surface area contributed by atoms with E-state index in [1.54, 1.807) is 17.9 Å². The van der Waals surface area contributed by atoms with E-state index in [1.807, 2.05) is 6.92 Å². The van der Waals surface area contributed by atoms with E-state index in [2.05, 4.69) is 15.9 Å². The van der Waals surface area contributed by atoms with E-state index in [0.717, 1.165) is 0 Å². The molecule has 0 spiro atoms. The molecule has 114 valence electrons. The second-order valence-electron chi connectivity index (χ2n) is 5.19. The van der Waals surface area contributed by atoms with Crippen molar-refractivity contribution in [3.8, 4) is 0 Å². The Balaban J connectivity index is 2.19. The van der Waals surface area contributed by atoms with Gasteiger partial charge < -0.3 is 9.64 Å². The molecule has 0 bridgehead atoms. The number of ether oxygens (including phenoxy) is 1. The molecule has 0 saturated carbocycles. The molecule has 1 aromatic rings. The van der Waals surface area contributed by atoms with Crippen LogP contribution in [0.5, 0.6) is 0 Å². The first kappa shape index (κ1) is 15.9. The number of morpholine rings is 1. The maximum atomic E-state index is 12.5. The normalized spacial score (nSPS) is 22.1. The van der Waals surface area contributed by atoms with Gasteiger partial charge in [0.1, 0.15) is 0 Å². The molecular weight excluding hydrogens is 340 g/mol. The van der Waals surface area contributed by atoms with Crippen molar-refractivity contribution in [2.45, 2.75) is 26.1 Å². The molecule has 1 heterocycles. The van der Waals surface area contributed by atoms with Crippen LogP contribution in [0.15, 0.2) is 18.2 Å². The van der Waals surface area contributed by atoms with Crippen LogP contribution in [-0.4, -0.2) is 46.4 Å². The summed E-state index contributed by atoms with van der Waals surface area (Å²) in [6.07, 6.45) is -0.0544. The molecule has 0 aromatic heterocycles. The molecule has 6 nitrogen and oxygen atoms in total. The summed E-state index contributed by atoms with van der Waals surface area (Å²) in [5.74, 6) is -0.117. The SMILES string of the molecule is Cc1cc(C(=O)N2CC(C)OC(CBr)C2)ccc1[N+](=O)[O-]. The highest BCUT2D eigenvalue weighted by Crippen LogP contribution is 2.21. The molecule has 1 aromatic carbocycles. The number of nitrogens with zero attached hydrogens (tertiary/aromatic N) is 2. The first-order chi connectivity index (χ1) is 9.92. The van der Waals surface area contributed by atoms with Gasteiger partial charge in [0.05, 0.1) is 17.1 Å². The van der Waals surface area contributed by atoms with E-state index in [1.165, 1.54) is 12.1 Å². The minimum atomic E-state index is -0.443. The van der Waals surface area contributed by atoms with Crippen LogP contribution < -0.4 is 0 Å². The van der Waals surface area contributed by atoms with Crippen molar-refractivity contribution in [3.05, 3.63) is 39.4 Å². The molecule has 2 rings (SSSR count). The molecule has 2 unspecified atom stereocenters. The molecule has 1 saturated heterocycles. The minimum absolute atomic E-state index is 0.0237. The quantitative estimate of drug-likeness (QED) is 0.473. The Hall–Kier alpha value is -1.47. The maximum Gasteiger partial charge on any atom is 0.272 e. The average molecular weight is 357 g/mol. The van der Waals surface area contributed by atoms with E-state index in [9.17, 15) is 14.9 Å². The maximum absolute atomic E-state index is 12.5. The van der Waals surface area contributed by atoms with Crippen molar-refractivity contribution in [1.82, 2.24) is 4.90 Å². The van der Waals surface area contributed by atoms with E-state index >= 15 is 0 Å². The highest BCUT2D eigenvalue weighted by Gasteiger charge is 2.28. The first-order valence-electron chi connectivity index (χ1n) is 6.68. The summed E-state index contributed by atoms with van der Waals surface area (Å²) in [6.45, 7) is 4.61. The first-order valence-corrected chi connectivity index (χ1v) is 7.80. The molecule has 0 aliphatic carbocycles. The van der Waals surface area contributed by atoms with Crippen LogP contribution in [0, 0.1) is 17.0 Å². The number of benzene rings is 1. The number of halogens is 1. The Kier molecular flexibility index (Phi) is 4.95. The van der Waals surface area contributed by atoms with E-state index < -0.39 is 4.92 Å². The number of carbonyl (C=O) groups excluding carboxylic acids is 1. The number of rotatable bonds is 3. The van der Waals surface area contributed by atoms with Gasteiger partial charge in [0, 0.05) is 35.6 Å². The second-order valence-corrected chi connectivity index (χ2v) is 5.84. The monoisotopic (exact) mass is 356 g/mol. The van der Waals surface area contributed by atoms with E-state index in [4.69, 9.17) is 4.74 Å². The fourth-order valence-corrected chi connectivity index (χ4v) is 2.83. The van der Waals surface area contributed by atoms with Crippen LogP contribution >= 0.6 is 15.9 Å². The van der Waals surface area contributed by atoms with Gasteiger partial charge in [-0.3, -0.25) is 14.9 Å². The third kappa shape index (κ3) is 3.59. The summed E-state index contributed by atoms with van der Waals surface area (Å²) < 4.78 is 5.70. The summed E-state index contributed by atoms with van der Waals surface area (Å²) in [5.41, 5.74) is 0.991. The summed E-state index contributed by atoms with van der Waals surface area (Å²) in [5, 5.41) is 11.5. The Labute approximate surface area is 131 Å².